The number of nitriles is 1. The van der Waals surface area contributed by atoms with Gasteiger partial charge >= 0.3 is 12.1 Å². The van der Waals surface area contributed by atoms with Crippen LogP contribution in [0, 0.1) is 11.3 Å². The first-order valence-electron chi connectivity index (χ1n) is 18.2. The van der Waals surface area contributed by atoms with Crippen molar-refractivity contribution in [2.75, 3.05) is 27.4 Å². The number of halogens is 3. The van der Waals surface area contributed by atoms with Crippen LogP contribution >= 0.6 is 8.53 Å². The van der Waals surface area contributed by atoms with Gasteiger partial charge in [-0.1, -0.05) is 54.6 Å². The largest absolute Gasteiger partial charge is 0.523 e. The van der Waals surface area contributed by atoms with Crippen molar-refractivity contribution in [2.45, 2.75) is 82.7 Å². The van der Waals surface area contributed by atoms with Crippen molar-refractivity contribution in [3.63, 3.8) is 0 Å². The number of aromatic nitrogens is 2. The van der Waals surface area contributed by atoms with Gasteiger partial charge in [-0.05, 0) is 68.7 Å². The Kier molecular flexibility index (Phi) is 14.7. The molecule has 2 heterocycles. The molecule has 3 aromatic carbocycles. The first-order chi connectivity index (χ1) is 27.2. The third-order valence-electron chi connectivity index (χ3n) is 9.19. The van der Waals surface area contributed by atoms with Crippen molar-refractivity contribution in [2.24, 2.45) is 0 Å². The zero-order chi connectivity index (χ0) is 41.3. The van der Waals surface area contributed by atoms with Crippen molar-refractivity contribution in [1.82, 2.24) is 14.2 Å². The fraction of sp³-hybridized carbons (Fsp3) is 0.425. The summed E-state index contributed by atoms with van der Waals surface area (Å²) in [5.74, 6) is 1.16. The summed E-state index contributed by atoms with van der Waals surface area (Å²) < 4.78 is 87.6. The van der Waals surface area contributed by atoms with E-state index in [0.29, 0.717) is 28.2 Å². The van der Waals surface area contributed by atoms with Gasteiger partial charge in [0.1, 0.15) is 35.4 Å². The maximum absolute atomic E-state index is 14.4. The molecule has 1 N–H and O–H groups in total. The molecule has 0 bridgehead atoms. The highest BCUT2D eigenvalue weighted by Gasteiger charge is 2.55. The predicted octanol–water partition coefficient (Wildman–Crippen LogP) is 7.03. The Balaban J connectivity index is 1.69. The second-order valence-electron chi connectivity index (χ2n) is 13.5. The van der Waals surface area contributed by atoms with Gasteiger partial charge in [-0.3, -0.25) is 19.1 Å². The van der Waals surface area contributed by atoms with Gasteiger partial charge < -0.3 is 28.0 Å². The van der Waals surface area contributed by atoms with Gasteiger partial charge in [0.25, 0.3) is 14.1 Å². The molecule has 13 nitrogen and oxygen atoms in total. The second-order valence-corrected chi connectivity index (χ2v) is 14.9. The standard InChI is InChI=1S/C40H46F3N4O9P/c1-26(2)47(27(3)4)57(53-24-10-22-44)56-35-33(54-37(36(35)55-40(41,42)43)46-23-21-34(48)45-38(46)49)25-52-39(28-11-8-7-9-12-28,29-13-17-31(50-5)18-14-29)30-15-19-32(51-6)20-16-30/h7-9,11-21,23,26-27,33,35-37H,10,24-25H2,1-6H3,(H,45,48,49). The molecule has 306 valence electrons. The maximum atomic E-state index is 14.4. The molecule has 1 fully saturated rings. The van der Waals surface area contributed by atoms with Crippen LogP contribution in [0.3, 0.4) is 0 Å². The van der Waals surface area contributed by atoms with Gasteiger partial charge in [0.15, 0.2) is 6.23 Å². The van der Waals surface area contributed by atoms with E-state index < -0.39 is 62.9 Å². The SMILES string of the molecule is COc1ccc(C(OCC2OC(n3ccc(=O)[nH]c3=O)C(OC(F)(F)F)C2OP(OCCC#N)N(C(C)C)C(C)C)(c2ccccc2)c2ccc(OC)cc2)cc1. The monoisotopic (exact) mass is 814 g/mol. The van der Waals surface area contributed by atoms with E-state index in [9.17, 15) is 28.0 Å². The van der Waals surface area contributed by atoms with Crippen molar-refractivity contribution in [1.29, 1.82) is 5.26 Å². The number of hydrogen-bond acceptors (Lipinski definition) is 11. The van der Waals surface area contributed by atoms with Crippen LogP contribution in [-0.2, 0) is 28.9 Å². The summed E-state index contributed by atoms with van der Waals surface area (Å²) in [4.78, 5) is 27.3. The van der Waals surface area contributed by atoms with Gasteiger partial charge in [-0.25, -0.2) is 9.46 Å². The molecule has 57 heavy (non-hydrogen) atoms. The summed E-state index contributed by atoms with van der Waals surface area (Å²) in [5.41, 5.74) is -1.27. The van der Waals surface area contributed by atoms with E-state index in [1.54, 1.807) is 38.5 Å². The van der Waals surface area contributed by atoms with E-state index in [4.69, 9.17) is 32.7 Å². The molecule has 0 radical (unpaired) electrons. The van der Waals surface area contributed by atoms with E-state index in [1.807, 2.05) is 93.0 Å². The minimum absolute atomic E-state index is 0.0128. The summed E-state index contributed by atoms with van der Waals surface area (Å²) in [6, 6.07) is 26.2. The average Bonchev–Trinajstić information content (AvgIpc) is 3.50. The van der Waals surface area contributed by atoms with Crippen LogP contribution in [0.4, 0.5) is 13.2 Å². The van der Waals surface area contributed by atoms with E-state index in [1.165, 1.54) is 0 Å². The molecule has 5 atom stereocenters. The molecular formula is C40H46F3N4O9P. The van der Waals surface area contributed by atoms with E-state index >= 15 is 0 Å². The normalized spacial score (nSPS) is 19.2. The molecule has 0 amide bonds. The lowest BCUT2D eigenvalue weighted by molar-refractivity contribution is -0.355. The van der Waals surface area contributed by atoms with Crippen LogP contribution in [0.1, 0.15) is 57.0 Å². The molecule has 1 saturated heterocycles. The van der Waals surface area contributed by atoms with Crippen LogP contribution in [-0.4, -0.2) is 78.4 Å². The highest BCUT2D eigenvalue weighted by molar-refractivity contribution is 7.44. The molecule has 17 heteroatoms. The van der Waals surface area contributed by atoms with Crippen molar-refractivity contribution < 1.29 is 45.9 Å². The lowest BCUT2D eigenvalue weighted by atomic mass is 9.80. The number of methoxy groups -OCH3 is 2. The van der Waals surface area contributed by atoms with E-state index in [2.05, 4.69) is 4.98 Å². The molecule has 1 aliphatic rings. The third kappa shape index (κ3) is 10.3. The molecule has 1 aliphatic heterocycles. The van der Waals surface area contributed by atoms with Crippen LogP contribution in [0.5, 0.6) is 11.5 Å². The average molecular weight is 815 g/mol. The Morgan fingerprint density at radius 3 is 1.91 bits per heavy atom. The minimum Gasteiger partial charge on any atom is -0.497 e. The highest BCUT2D eigenvalue weighted by Crippen LogP contribution is 2.52. The zero-order valence-electron chi connectivity index (χ0n) is 32.3. The number of ether oxygens (including phenoxy) is 5. The number of hydrogen-bond donors (Lipinski definition) is 1. The summed E-state index contributed by atoms with van der Waals surface area (Å²) in [7, 11) is 0.905. The summed E-state index contributed by atoms with van der Waals surface area (Å²) >= 11 is 0. The highest BCUT2D eigenvalue weighted by atomic mass is 31.2. The van der Waals surface area contributed by atoms with Crippen molar-refractivity contribution in [3.05, 3.63) is 129 Å². The second kappa shape index (κ2) is 19.2. The van der Waals surface area contributed by atoms with Crippen LogP contribution < -0.4 is 20.7 Å². The number of rotatable bonds is 18. The Morgan fingerprint density at radius 2 is 1.42 bits per heavy atom. The summed E-state index contributed by atoms with van der Waals surface area (Å²) in [6.07, 6.45) is -10.9. The molecule has 5 rings (SSSR count). The Labute approximate surface area is 329 Å². The minimum atomic E-state index is -5.23. The number of aromatic amines is 1. The number of alkyl halides is 3. The molecule has 0 aliphatic carbocycles. The Hall–Kier alpha value is -4.59. The molecule has 0 spiro atoms. The smallest absolute Gasteiger partial charge is 0.497 e. The van der Waals surface area contributed by atoms with E-state index in [-0.39, 0.29) is 25.1 Å². The van der Waals surface area contributed by atoms with Gasteiger partial charge in [-0.15, -0.1) is 13.2 Å². The van der Waals surface area contributed by atoms with Gasteiger partial charge in [0, 0.05) is 24.3 Å². The lowest BCUT2D eigenvalue weighted by Crippen LogP contribution is -2.45. The first kappa shape index (κ1) is 43.5. The number of nitrogens with zero attached hydrogens (tertiary/aromatic N) is 3. The predicted molar refractivity (Wildman–Crippen MR) is 205 cm³/mol. The van der Waals surface area contributed by atoms with Crippen LogP contribution in [0.15, 0.2) is 101 Å². The zero-order valence-corrected chi connectivity index (χ0v) is 33.2. The summed E-state index contributed by atoms with van der Waals surface area (Å²) in [6.45, 7) is 7.01. The van der Waals surface area contributed by atoms with Gasteiger partial charge in [0.2, 0.25) is 0 Å². The van der Waals surface area contributed by atoms with Crippen molar-refractivity contribution in [3.8, 4) is 17.6 Å². The van der Waals surface area contributed by atoms with E-state index in [0.717, 1.165) is 16.8 Å². The Morgan fingerprint density at radius 1 is 0.860 bits per heavy atom. The number of nitrogens with one attached hydrogen (secondary N) is 1. The fourth-order valence-corrected chi connectivity index (χ4v) is 8.55. The fourth-order valence-electron chi connectivity index (χ4n) is 6.78. The topological polar surface area (TPSA) is 147 Å². The number of H-pyrrole nitrogens is 1. The van der Waals surface area contributed by atoms with Crippen molar-refractivity contribution >= 4 is 8.53 Å². The summed E-state index contributed by atoms with van der Waals surface area (Å²) in [5, 5.41) is 9.29. The van der Waals surface area contributed by atoms with Gasteiger partial charge in [0.05, 0.1) is 39.9 Å². The molecule has 0 saturated carbocycles. The van der Waals surface area contributed by atoms with Crippen LogP contribution in [0.2, 0.25) is 0 Å². The third-order valence-corrected chi connectivity index (χ3v) is 11.3. The quantitative estimate of drug-likeness (QED) is 0.0628. The number of benzene rings is 3. The molecule has 4 aromatic rings. The molecule has 1 aromatic heterocycles. The molecule has 5 unspecified atom stereocenters. The van der Waals surface area contributed by atoms with Crippen LogP contribution in [0.25, 0.3) is 0 Å². The Bertz CT molecular complexity index is 1990. The molecular weight excluding hydrogens is 768 g/mol. The first-order valence-corrected chi connectivity index (χ1v) is 19.3. The van der Waals surface area contributed by atoms with Gasteiger partial charge in [-0.2, -0.15) is 5.26 Å². The lowest BCUT2D eigenvalue weighted by Gasteiger charge is -2.39. The maximum Gasteiger partial charge on any atom is 0.523 e.